The van der Waals surface area contributed by atoms with Crippen molar-refractivity contribution in [3.63, 3.8) is 0 Å². The zero-order valence-electron chi connectivity index (χ0n) is 8.77. The number of allylic oxidation sites excluding steroid dienone is 1. The van der Waals surface area contributed by atoms with Gasteiger partial charge in [0.15, 0.2) is 0 Å². The Kier molecular flexibility index (Phi) is 3.67. The fourth-order valence-electron chi connectivity index (χ4n) is 1.48. The highest BCUT2D eigenvalue weighted by Gasteiger charge is 2.16. The molecule has 0 radical (unpaired) electrons. The second-order valence-electron chi connectivity index (χ2n) is 3.14. The quantitative estimate of drug-likeness (QED) is 0.600. The number of hydrogen-bond acceptors (Lipinski definition) is 3. The molecule has 0 saturated carbocycles. The predicted molar refractivity (Wildman–Crippen MR) is 58.6 cm³/mol. The largest absolute Gasteiger partial charge is 0.507 e. The molecule has 0 unspecified atom stereocenters. The number of phenols is 1. The first kappa shape index (κ1) is 11.8. The Balaban J connectivity index is 3.44. The first-order chi connectivity index (χ1) is 7.61. The highest BCUT2D eigenvalue weighted by Crippen LogP contribution is 2.29. The third kappa shape index (κ3) is 2.20. The third-order valence-corrected chi connectivity index (χ3v) is 2.21. The molecule has 0 heterocycles. The Labute approximate surface area is 93.1 Å². The summed E-state index contributed by atoms with van der Waals surface area (Å²) in [6.07, 6.45) is 0.368. The molecular weight excluding hydrogens is 206 g/mol. The minimum absolute atomic E-state index is 0.0200. The van der Waals surface area contributed by atoms with Crippen LogP contribution in [0, 0.1) is 11.3 Å². The average molecular weight is 217 g/mol. The Morgan fingerprint density at radius 1 is 1.44 bits per heavy atom. The van der Waals surface area contributed by atoms with E-state index in [0.29, 0.717) is 17.6 Å². The molecule has 0 fully saturated rings. The third-order valence-electron chi connectivity index (χ3n) is 2.21. The van der Waals surface area contributed by atoms with E-state index in [1.807, 2.05) is 0 Å². The number of carboxylic acid groups (broad SMARTS) is 1. The topological polar surface area (TPSA) is 81.3 Å². The number of nitriles is 1. The molecule has 0 saturated heterocycles. The Bertz CT molecular complexity index is 483. The number of phenolic OH excluding ortho intramolecular Hbond substituents is 1. The highest BCUT2D eigenvalue weighted by atomic mass is 16.4. The molecule has 82 valence electrons. The molecule has 0 atom stereocenters. The van der Waals surface area contributed by atoms with Crippen molar-refractivity contribution >= 4 is 11.5 Å². The highest BCUT2D eigenvalue weighted by molar-refractivity contribution is 6.01. The summed E-state index contributed by atoms with van der Waals surface area (Å²) in [5.41, 5.74) is 0.404. The minimum atomic E-state index is -1.28. The first-order valence-electron chi connectivity index (χ1n) is 4.76. The van der Waals surface area contributed by atoms with E-state index in [1.54, 1.807) is 31.2 Å². The van der Waals surface area contributed by atoms with Gasteiger partial charge in [-0.2, -0.15) is 5.26 Å². The molecule has 0 bridgehead atoms. The maximum Gasteiger partial charge on any atom is 0.346 e. The summed E-state index contributed by atoms with van der Waals surface area (Å²) in [5.74, 6) is -1.30. The lowest BCUT2D eigenvalue weighted by atomic mass is 9.97. The number of hydrogen-bond donors (Lipinski definition) is 2. The van der Waals surface area contributed by atoms with Gasteiger partial charge in [-0.1, -0.05) is 25.1 Å². The zero-order chi connectivity index (χ0) is 12.1. The van der Waals surface area contributed by atoms with E-state index in [2.05, 4.69) is 0 Å². The molecule has 4 nitrogen and oxygen atoms in total. The van der Waals surface area contributed by atoms with Crippen LogP contribution in [0.1, 0.15) is 18.9 Å². The van der Waals surface area contributed by atoms with Crippen LogP contribution in [0.4, 0.5) is 0 Å². The summed E-state index contributed by atoms with van der Waals surface area (Å²) in [5, 5.41) is 27.2. The average Bonchev–Trinajstić information content (AvgIpc) is 2.26. The molecule has 0 aromatic heterocycles. The molecule has 1 rings (SSSR count). The van der Waals surface area contributed by atoms with Gasteiger partial charge in [0, 0.05) is 5.56 Å². The van der Waals surface area contributed by atoms with Gasteiger partial charge in [0.2, 0.25) is 0 Å². The number of carbonyl (C=O) groups is 1. The van der Waals surface area contributed by atoms with Gasteiger partial charge in [0.25, 0.3) is 0 Å². The lowest BCUT2D eigenvalue weighted by Crippen LogP contribution is -2.02. The van der Waals surface area contributed by atoms with Crippen LogP contribution >= 0.6 is 0 Å². The van der Waals surface area contributed by atoms with E-state index in [-0.39, 0.29) is 11.3 Å². The second kappa shape index (κ2) is 4.99. The van der Waals surface area contributed by atoms with E-state index in [1.165, 1.54) is 6.07 Å². The Morgan fingerprint density at radius 3 is 2.50 bits per heavy atom. The van der Waals surface area contributed by atoms with Crippen molar-refractivity contribution in [3.8, 4) is 11.8 Å². The van der Waals surface area contributed by atoms with Gasteiger partial charge in [-0.05, 0) is 18.1 Å². The molecule has 0 aliphatic carbocycles. The molecule has 0 aliphatic rings. The number of rotatable bonds is 3. The van der Waals surface area contributed by atoms with Gasteiger partial charge in [-0.25, -0.2) is 4.79 Å². The molecule has 16 heavy (non-hydrogen) atoms. The minimum Gasteiger partial charge on any atom is -0.507 e. The normalized spacial score (nSPS) is 11.5. The second-order valence-corrected chi connectivity index (χ2v) is 3.14. The van der Waals surface area contributed by atoms with Crippen LogP contribution < -0.4 is 0 Å². The Morgan fingerprint density at radius 2 is 2.06 bits per heavy atom. The van der Waals surface area contributed by atoms with Crippen LogP contribution in [-0.4, -0.2) is 16.2 Å². The SMILES string of the molecule is CCC(=C(C#N)C(=O)O)c1ccccc1O. The van der Waals surface area contributed by atoms with E-state index in [0.717, 1.165) is 0 Å². The molecular formula is C12H11NO3. The fourth-order valence-corrected chi connectivity index (χ4v) is 1.48. The van der Waals surface area contributed by atoms with Gasteiger partial charge in [0.1, 0.15) is 17.4 Å². The van der Waals surface area contributed by atoms with Gasteiger partial charge >= 0.3 is 5.97 Å². The number of nitrogens with zero attached hydrogens (tertiary/aromatic N) is 1. The van der Waals surface area contributed by atoms with Crippen molar-refractivity contribution in [2.75, 3.05) is 0 Å². The van der Waals surface area contributed by atoms with E-state index in [4.69, 9.17) is 10.4 Å². The van der Waals surface area contributed by atoms with Crippen LogP contribution in [-0.2, 0) is 4.79 Å². The number of aromatic hydroxyl groups is 1. The predicted octanol–water partition coefficient (Wildman–Crippen LogP) is 2.16. The molecule has 2 N–H and O–H groups in total. The van der Waals surface area contributed by atoms with Gasteiger partial charge < -0.3 is 10.2 Å². The molecule has 1 aromatic carbocycles. The Hall–Kier alpha value is -2.28. The van der Waals surface area contributed by atoms with Gasteiger partial charge in [-0.15, -0.1) is 0 Å². The van der Waals surface area contributed by atoms with Crippen molar-refractivity contribution in [3.05, 3.63) is 35.4 Å². The molecule has 0 spiro atoms. The number of carboxylic acids is 1. The summed E-state index contributed by atoms with van der Waals surface area (Å²) >= 11 is 0. The number of aliphatic carboxylic acids is 1. The molecule has 1 aromatic rings. The smallest absolute Gasteiger partial charge is 0.346 e. The summed E-state index contributed by atoms with van der Waals surface area (Å²) < 4.78 is 0. The lowest BCUT2D eigenvalue weighted by molar-refractivity contribution is -0.132. The van der Waals surface area contributed by atoms with Crippen LogP contribution in [0.15, 0.2) is 29.8 Å². The van der Waals surface area contributed by atoms with E-state index >= 15 is 0 Å². The van der Waals surface area contributed by atoms with Crippen molar-refractivity contribution < 1.29 is 15.0 Å². The number of benzene rings is 1. The zero-order valence-corrected chi connectivity index (χ0v) is 8.77. The van der Waals surface area contributed by atoms with Crippen molar-refractivity contribution in [2.45, 2.75) is 13.3 Å². The van der Waals surface area contributed by atoms with E-state index < -0.39 is 5.97 Å². The maximum atomic E-state index is 10.9. The van der Waals surface area contributed by atoms with E-state index in [9.17, 15) is 9.90 Å². The lowest BCUT2D eigenvalue weighted by Gasteiger charge is -2.08. The summed E-state index contributed by atoms with van der Waals surface area (Å²) in [4.78, 5) is 10.9. The van der Waals surface area contributed by atoms with Crippen LogP contribution in [0.2, 0.25) is 0 Å². The molecule has 0 aliphatic heterocycles. The van der Waals surface area contributed by atoms with Crippen molar-refractivity contribution in [1.82, 2.24) is 0 Å². The van der Waals surface area contributed by atoms with Crippen LogP contribution in [0.3, 0.4) is 0 Å². The van der Waals surface area contributed by atoms with Crippen molar-refractivity contribution in [1.29, 1.82) is 5.26 Å². The van der Waals surface area contributed by atoms with Crippen LogP contribution in [0.5, 0.6) is 5.75 Å². The summed E-state index contributed by atoms with van der Waals surface area (Å²) in [7, 11) is 0. The fraction of sp³-hybridized carbons (Fsp3) is 0.167. The van der Waals surface area contributed by atoms with Gasteiger partial charge in [-0.3, -0.25) is 0 Å². The molecule has 4 heteroatoms. The number of para-hydroxylation sites is 1. The van der Waals surface area contributed by atoms with Gasteiger partial charge in [0.05, 0.1) is 0 Å². The molecule has 0 amide bonds. The van der Waals surface area contributed by atoms with Crippen molar-refractivity contribution in [2.24, 2.45) is 0 Å². The summed E-state index contributed by atoms with van der Waals surface area (Å²) in [6.45, 7) is 1.74. The first-order valence-corrected chi connectivity index (χ1v) is 4.76. The maximum absolute atomic E-state index is 10.9. The monoisotopic (exact) mass is 217 g/mol. The van der Waals surface area contributed by atoms with Crippen LogP contribution in [0.25, 0.3) is 5.57 Å². The standard InChI is InChI=1S/C12H11NO3/c1-2-8(10(7-13)12(15)16)9-5-3-4-6-11(9)14/h3-6,14H,2H2,1H3,(H,15,16). The summed E-state index contributed by atoms with van der Waals surface area (Å²) in [6, 6.07) is 8.02.